The lowest BCUT2D eigenvalue weighted by molar-refractivity contribution is -0.145. The molecular formula is C13H13NO3. The maximum atomic E-state index is 11.2. The highest BCUT2D eigenvalue weighted by molar-refractivity contribution is 5.86. The molecule has 88 valence electrons. The first-order chi connectivity index (χ1) is 8.31. The number of carbonyl (C=O) groups is 1. The summed E-state index contributed by atoms with van der Waals surface area (Å²) in [5.41, 5.74) is 0. The molecular weight excluding hydrogens is 218 g/mol. The van der Waals surface area contributed by atoms with Crippen molar-refractivity contribution in [2.24, 2.45) is 0 Å². The molecule has 17 heavy (non-hydrogen) atoms. The number of nitrogens with zero attached hydrogens (tertiary/aromatic N) is 1. The first kappa shape index (κ1) is 11.4. The summed E-state index contributed by atoms with van der Waals surface area (Å²) in [6.45, 7) is 1.99. The summed E-state index contributed by atoms with van der Waals surface area (Å²) in [6, 6.07) is 9.61. The van der Waals surface area contributed by atoms with Gasteiger partial charge in [0.25, 0.3) is 0 Å². The second kappa shape index (κ2) is 5.30. The van der Waals surface area contributed by atoms with E-state index >= 15 is 0 Å². The van der Waals surface area contributed by atoms with E-state index in [-0.39, 0.29) is 12.6 Å². The Morgan fingerprint density at radius 1 is 1.29 bits per heavy atom. The molecule has 0 saturated carbocycles. The van der Waals surface area contributed by atoms with E-state index in [1.165, 1.54) is 0 Å². The maximum absolute atomic E-state index is 11.2. The van der Waals surface area contributed by atoms with Gasteiger partial charge in [-0.15, -0.1) is 0 Å². The minimum Gasteiger partial charge on any atom is -0.465 e. The quantitative estimate of drug-likeness (QED) is 0.757. The summed E-state index contributed by atoms with van der Waals surface area (Å²) < 4.78 is 10.1. The number of benzene rings is 1. The number of rotatable bonds is 4. The number of aromatic nitrogens is 1. The smallest absolute Gasteiger partial charge is 0.344 e. The lowest BCUT2D eigenvalue weighted by atomic mass is 10.2. The Labute approximate surface area is 99.2 Å². The van der Waals surface area contributed by atoms with Crippen LogP contribution in [0.1, 0.15) is 6.92 Å². The molecule has 0 atom stereocenters. The first-order valence-corrected chi connectivity index (χ1v) is 5.43. The van der Waals surface area contributed by atoms with Gasteiger partial charge in [0.15, 0.2) is 6.61 Å². The third kappa shape index (κ3) is 2.72. The van der Waals surface area contributed by atoms with E-state index in [4.69, 9.17) is 9.47 Å². The molecule has 0 spiro atoms. The average Bonchev–Trinajstić information content (AvgIpc) is 2.36. The molecule has 0 fully saturated rings. The molecule has 4 nitrogen and oxygen atoms in total. The first-order valence-electron chi connectivity index (χ1n) is 5.43. The Hall–Kier alpha value is -2.10. The molecule has 2 aromatic rings. The SMILES string of the molecule is CCOC(=O)COc1nccc2ccccc12. The van der Waals surface area contributed by atoms with Gasteiger partial charge in [-0.2, -0.15) is 0 Å². The average molecular weight is 231 g/mol. The van der Waals surface area contributed by atoms with Crippen LogP contribution in [0, 0.1) is 0 Å². The molecule has 1 aromatic heterocycles. The van der Waals surface area contributed by atoms with Gasteiger partial charge in [-0.3, -0.25) is 0 Å². The number of fused-ring (bicyclic) bond motifs is 1. The second-order valence-electron chi connectivity index (χ2n) is 3.43. The molecule has 0 aliphatic carbocycles. The molecule has 0 N–H and O–H groups in total. The van der Waals surface area contributed by atoms with Gasteiger partial charge in [0.05, 0.1) is 6.61 Å². The molecule has 4 heteroatoms. The van der Waals surface area contributed by atoms with E-state index in [1.54, 1.807) is 13.1 Å². The Morgan fingerprint density at radius 2 is 2.12 bits per heavy atom. The fraction of sp³-hybridized carbons (Fsp3) is 0.231. The fourth-order valence-electron chi connectivity index (χ4n) is 1.54. The highest BCUT2D eigenvalue weighted by Gasteiger charge is 2.06. The molecule has 0 aliphatic heterocycles. The summed E-state index contributed by atoms with van der Waals surface area (Å²) in [6.07, 6.45) is 1.66. The monoisotopic (exact) mass is 231 g/mol. The van der Waals surface area contributed by atoms with E-state index in [0.717, 1.165) is 10.8 Å². The summed E-state index contributed by atoms with van der Waals surface area (Å²) in [5, 5.41) is 1.92. The van der Waals surface area contributed by atoms with Crippen LogP contribution < -0.4 is 4.74 Å². The molecule has 0 unspecified atom stereocenters. The molecule has 0 bridgehead atoms. The van der Waals surface area contributed by atoms with E-state index < -0.39 is 0 Å². The predicted molar refractivity (Wildman–Crippen MR) is 63.9 cm³/mol. The van der Waals surface area contributed by atoms with Crippen molar-refractivity contribution in [2.75, 3.05) is 13.2 Å². The van der Waals surface area contributed by atoms with E-state index in [9.17, 15) is 4.79 Å². The summed E-state index contributed by atoms with van der Waals surface area (Å²) >= 11 is 0. The van der Waals surface area contributed by atoms with Crippen LogP contribution in [0.3, 0.4) is 0 Å². The van der Waals surface area contributed by atoms with Crippen LogP contribution in [0.15, 0.2) is 36.5 Å². The summed E-state index contributed by atoms with van der Waals surface area (Å²) in [4.78, 5) is 15.3. The number of ether oxygens (including phenoxy) is 2. The minimum absolute atomic E-state index is 0.116. The zero-order chi connectivity index (χ0) is 12.1. The van der Waals surface area contributed by atoms with Gasteiger partial charge in [-0.25, -0.2) is 9.78 Å². The van der Waals surface area contributed by atoms with Gasteiger partial charge in [0, 0.05) is 11.6 Å². The highest BCUT2D eigenvalue weighted by atomic mass is 16.6. The molecule has 0 amide bonds. The standard InChI is InChI=1S/C13H13NO3/c1-2-16-12(15)9-17-13-11-6-4-3-5-10(11)7-8-14-13/h3-8H,2,9H2,1H3. The van der Waals surface area contributed by atoms with Gasteiger partial charge in [0.1, 0.15) is 0 Å². The lowest BCUT2D eigenvalue weighted by Crippen LogP contribution is -2.15. The normalized spacial score (nSPS) is 10.2. The van der Waals surface area contributed by atoms with E-state index in [2.05, 4.69) is 4.98 Å². The molecule has 2 rings (SSSR count). The third-order valence-corrected chi connectivity index (χ3v) is 2.27. The zero-order valence-electron chi connectivity index (χ0n) is 9.55. The van der Waals surface area contributed by atoms with Crippen LogP contribution in [-0.2, 0) is 9.53 Å². The predicted octanol–water partition coefficient (Wildman–Crippen LogP) is 2.18. The van der Waals surface area contributed by atoms with Crippen molar-refractivity contribution in [3.63, 3.8) is 0 Å². The fourth-order valence-corrected chi connectivity index (χ4v) is 1.54. The van der Waals surface area contributed by atoms with Crippen molar-refractivity contribution in [2.45, 2.75) is 6.92 Å². The molecule has 1 heterocycles. The number of pyridine rings is 1. The van der Waals surface area contributed by atoms with Crippen LogP contribution in [0.2, 0.25) is 0 Å². The van der Waals surface area contributed by atoms with E-state index in [0.29, 0.717) is 12.5 Å². The topological polar surface area (TPSA) is 48.4 Å². The van der Waals surface area contributed by atoms with Crippen molar-refractivity contribution >= 4 is 16.7 Å². The Kier molecular flexibility index (Phi) is 3.55. The van der Waals surface area contributed by atoms with Crippen LogP contribution in [-0.4, -0.2) is 24.2 Å². The molecule has 0 radical (unpaired) electrons. The zero-order valence-corrected chi connectivity index (χ0v) is 9.55. The molecule has 0 aliphatic rings. The van der Waals surface area contributed by atoms with Crippen molar-refractivity contribution in [1.29, 1.82) is 0 Å². The Morgan fingerprint density at radius 3 is 2.94 bits per heavy atom. The number of hydrogen-bond donors (Lipinski definition) is 0. The van der Waals surface area contributed by atoms with Gasteiger partial charge in [-0.05, 0) is 24.4 Å². The van der Waals surface area contributed by atoms with Gasteiger partial charge in [-0.1, -0.05) is 18.2 Å². The van der Waals surface area contributed by atoms with Crippen molar-refractivity contribution in [3.8, 4) is 5.88 Å². The lowest BCUT2D eigenvalue weighted by Gasteiger charge is -2.07. The Bertz CT molecular complexity index is 520. The summed E-state index contributed by atoms with van der Waals surface area (Å²) in [5.74, 6) is 0.0680. The number of hydrogen-bond acceptors (Lipinski definition) is 4. The number of esters is 1. The van der Waals surface area contributed by atoms with Crippen molar-refractivity contribution in [3.05, 3.63) is 36.5 Å². The minimum atomic E-state index is -0.387. The van der Waals surface area contributed by atoms with E-state index in [1.807, 2.05) is 30.3 Å². The van der Waals surface area contributed by atoms with Crippen LogP contribution >= 0.6 is 0 Å². The van der Waals surface area contributed by atoms with Gasteiger partial charge >= 0.3 is 5.97 Å². The van der Waals surface area contributed by atoms with Crippen LogP contribution in [0.4, 0.5) is 0 Å². The van der Waals surface area contributed by atoms with Crippen molar-refractivity contribution < 1.29 is 14.3 Å². The largest absolute Gasteiger partial charge is 0.465 e. The second-order valence-corrected chi connectivity index (χ2v) is 3.43. The Balaban J connectivity index is 2.16. The molecule has 1 aromatic carbocycles. The van der Waals surface area contributed by atoms with Gasteiger partial charge < -0.3 is 9.47 Å². The maximum Gasteiger partial charge on any atom is 0.344 e. The van der Waals surface area contributed by atoms with Crippen molar-refractivity contribution in [1.82, 2.24) is 4.98 Å². The number of carbonyl (C=O) groups excluding carboxylic acids is 1. The van der Waals surface area contributed by atoms with Gasteiger partial charge in [0.2, 0.25) is 5.88 Å². The highest BCUT2D eigenvalue weighted by Crippen LogP contribution is 2.22. The third-order valence-electron chi connectivity index (χ3n) is 2.27. The molecule has 0 saturated heterocycles. The van der Waals surface area contributed by atoms with Crippen LogP contribution in [0.5, 0.6) is 5.88 Å². The summed E-state index contributed by atoms with van der Waals surface area (Å²) in [7, 11) is 0. The van der Waals surface area contributed by atoms with Crippen LogP contribution in [0.25, 0.3) is 10.8 Å².